The highest BCUT2D eigenvalue weighted by molar-refractivity contribution is 6.05. The van der Waals surface area contributed by atoms with Crippen LogP contribution in [0.25, 0.3) is 16.7 Å². The van der Waals surface area contributed by atoms with Crippen LogP contribution < -0.4 is 11.2 Å². The maximum Gasteiger partial charge on any atom is 0.337 e. The molecule has 0 aliphatic heterocycles. The smallest absolute Gasteiger partial charge is 0.337 e. The van der Waals surface area contributed by atoms with Gasteiger partial charge >= 0.3 is 5.69 Å². The number of aryl methyl sites for hydroxylation is 1. The molecular weight excluding hydrogens is 416 g/mol. The zero-order valence-electron chi connectivity index (χ0n) is 19.0. The van der Waals surface area contributed by atoms with E-state index in [1.54, 1.807) is 30.0 Å². The largest absolute Gasteiger partial charge is 0.339 e. The third-order valence-corrected chi connectivity index (χ3v) is 5.70. The van der Waals surface area contributed by atoms with Crippen molar-refractivity contribution in [2.75, 3.05) is 13.1 Å². The molecule has 0 radical (unpaired) electrons. The Morgan fingerprint density at radius 2 is 1.55 bits per heavy atom. The van der Waals surface area contributed by atoms with Crippen molar-refractivity contribution in [3.63, 3.8) is 0 Å². The van der Waals surface area contributed by atoms with Gasteiger partial charge in [-0.25, -0.2) is 14.3 Å². The first-order valence-corrected chi connectivity index (χ1v) is 11.0. The van der Waals surface area contributed by atoms with Crippen LogP contribution in [-0.4, -0.2) is 38.0 Å². The molecule has 2 heterocycles. The standard InChI is InChI=1S/C26H26N4O3/c1-4-28(5-2)24(31)21-16-18(3)27-23-22(21)25(32)29(17-19-12-8-6-9-13-19)26(33)30(23)20-14-10-7-11-15-20/h6-16H,4-5,17H2,1-3H3. The van der Waals surface area contributed by atoms with Crippen LogP contribution in [0.4, 0.5) is 0 Å². The summed E-state index contributed by atoms with van der Waals surface area (Å²) in [7, 11) is 0. The quantitative estimate of drug-likeness (QED) is 0.459. The number of pyridine rings is 1. The van der Waals surface area contributed by atoms with Gasteiger partial charge in [-0.05, 0) is 44.5 Å². The second-order valence-electron chi connectivity index (χ2n) is 7.82. The van der Waals surface area contributed by atoms with Crippen molar-refractivity contribution in [2.24, 2.45) is 0 Å². The topological polar surface area (TPSA) is 77.2 Å². The highest BCUT2D eigenvalue weighted by atomic mass is 16.2. The van der Waals surface area contributed by atoms with Crippen LogP contribution >= 0.6 is 0 Å². The normalized spacial score (nSPS) is 11.0. The molecule has 0 spiro atoms. The van der Waals surface area contributed by atoms with E-state index in [2.05, 4.69) is 4.98 Å². The third kappa shape index (κ3) is 4.09. The molecule has 2 aromatic heterocycles. The molecule has 168 valence electrons. The number of benzene rings is 2. The van der Waals surface area contributed by atoms with E-state index in [0.29, 0.717) is 24.5 Å². The zero-order valence-corrected chi connectivity index (χ0v) is 19.0. The lowest BCUT2D eigenvalue weighted by Crippen LogP contribution is -2.41. The Labute approximate surface area is 191 Å². The summed E-state index contributed by atoms with van der Waals surface area (Å²) in [5.74, 6) is -0.253. The maximum atomic E-state index is 13.7. The monoisotopic (exact) mass is 442 g/mol. The predicted molar refractivity (Wildman–Crippen MR) is 129 cm³/mol. The number of carbonyl (C=O) groups is 1. The minimum Gasteiger partial charge on any atom is -0.339 e. The van der Waals surface area contributed by atoms with Gasteiger partial charge in [-0.15, -0.1) is 0 Å². The fourth-order valence-corrected chi connectivity index (χ4v) is 4.03. The van der Waals surface area contributed by atoms with Crippen molar-refractivity contribution >= 4 is 16.9 Å². The molecule has 4 aromatic rings. The molecule has 33 heavy (non-hydrogen) atoms. The number of hydrogen-bond acceptors (Lipinski definition) is 4. The highest BCUT2D eigenvalue weighted by Crippen LogP contribution is 2.19. The number of rotatable bonds is 6. The van der Waals surface area contributed by atoms with E-state index in [9.17, 15) is 14.4 Å². The molecule has 4 rings (SSSR count). The number of carbonyl (C=O) groups excluding carboxylic acids is 1. The van der Waals surface area contributed by atoms with Gasteiger partial charge in [0.15, 0.2) is 5.65 Å². The number of para-hydroxylation sites is 1. The molecule has 0 aliphatic carbocycles. The van der Waals surface area contributed by atoms with Crippen LogP contribution in [-0.2, 0) is 6.54 Å². The Balaban J connectivity index is 2.12. The summed E-state index contributed by atoms with van der Waals surface area (Å²) in [5.41, 5.74) is 1.38. The average molecular weight is 443 g/mol. The molecule has 0 atom stereocenters. The summed E-state index contributed by atoms with van der Waals surface area (Å²) in [6, 6.07) is 20.0. The van der Waals surface area contributed by atoms with Gasteiger partial charge in [-0.1, -0.05) is 48.5 Å². The van der Waals surface area contributed by atoms with Crippen molar-refractivity contribution in [2.45, 2.75) is 27.3 Å². The van der Waals surface area contributed by atoms with Gasteiger partial charge in [0.2, 0.25) is 0 Å². The molecule has 0 saturated carbocycles. The lowest BCUT2D eigenvalue weighted by molar-refractivity contribution is 0.0774. The number of amides is 1. The van der Waals surface area contributed by atoms with Crippen molar-refractivity contribution < 1.29 is 4.79 Å². The number of nitrogens with zero attached hydrogens (tertiary/aromatic N) is 4. The van der Waals surface area contributed by atoms with E-state index in [1.165, 1.54) is 9.13 Å². The zero-order chi connectivity index (χ0) is 23.5. The van der Waals surface area contributed by atoms with Gasteiger partial charge in [0.1, 0.15) is 0 Å². The van der Waals surface area contributed by atoms with Gasteiger partial charge in [-0.2, -0.15) is 0 Å². The predicted octanol–water partition coefficient (Wildman–Crippen LogP) is 3.39. The Hall–Kier alpha value is -4.00. The fraction of sp³-hybridized carbons (Fsp3) is 0.231. The summed E-state index contributed by atoms with van der Waals surface area (Å²) >= 11 is 0. The molecule has 1 amide bonds. The van der Waals surface area contributed by atoms with Crippen LogP contribution in [0, 0.1) is 6.92 Å². The van der Waals surface area contributed by atoms with E-state index < -0.39 is 11.2 Å². The molecule has 0 N–H and O–H groups in total. The minimum absolute atomic E-state index is 0.0913. The van der Waals surface area contributed by atoms with Crippen LogP contribution in [0.15, 0.2) is 76.3 Å². The van der Waals surface area contributed by atoms with Crippen molar-refractivity contribution in [3.8, 4) is 5.69 Å². The molecule has 0 unspecified atom stereocenters. The van der Waals surface area contributed by atoms with E-state index in [4.69, 9.17) is 0 Å². The summed E-state index contributed by atoms with van der Waals surface area (Å²) in [6.45, 7) is 6.65. The van der Waals surface area contributed by atoms with Crippen LogP contribution in [0.3, 0.4) is 0 Å². The molecule has 0 bridgehead atoms. The summed E-state index contributed by atoms with van der Waals surface area (Å²) in [4.78, 5) is 47.0. The molecule has 0 fully saturated rings. The Bertz CT molecular complexity index is 1420. The number of hydrogen-bond donors (Lipinski definition) is 0. The highest BCUT2D eigenvalue weighted by Gasteiger charge is 2.24. The Kier molecular flexibility index (Phi) is 6.22. The summed E-state index contributed by atoms with van der Waals surface area (Å²) < 4.78 is 2.60. The van der Waals surface area contributed by atoms with E-state index >= 15 is 0 Å². The van der Waals surface area contributed by atoms with Crippen molar-refractivity contribution in [1.29, 1.82) is 0 Å². The summed E-state index contributed by atoms with van der Waals surface area (Å²) in [6.07, 6.45) is 0. The van der Waals surface area contributed by atoms with Gasteiger partial charge in [-0.3, -0.25) is 14.2 Å². The van der Waals surface area contributed by atoms with Crippen molar-refractivity contribution in [1.82, 2.24) is 19.0 Å². The van der Waals surface area contributed by atoms with E-state index in [1.807, 2.05) is 62.4 Å². The molecule has 7 nitrogen and oxygen atoms in total. The molecule has 2 aromatic carbocycles. The first-order chi connectivity index (χ1) is 16.0. The molecule has 0 saturated heterocycles. The van der Waals surface area contributed by atoms with Crippen LogP contribution in [0.1, 0.15) is 35.5 Å². The summed E-state index contributed by atoms with van der Waals surface area (Å²) in [5, 5.41) is 0.150. The van der Waals surface area contributed by atoms with E-state index in [0.717, 1.165) is 5.56 Å². The average Bonchev–Trinajstić information content (AvgIpc) is 2.83. The SMILES string of the molecule is CCN(CC)C(=O)c1cc(C)nc2c1c(=O)n(Cc1ccccc1)c(=O)n2-c1ccccc1. The molecule has 0 aliphatic rings. The van der Waals surface area contributed by atoms with Gasteiger partial charge in [0.05, 0.1) is 23.2 Å². The van der Waals surface area contributed by atoms with E-state index in [-0.39, 0.29) is 29.0 Å². The van der Waals surface area contributed by atoms with Gasteiger partial charge < -0.3 is 4.90 Å². The van der Waals surface area contributed by atoms with Crippen molar-refractivity contribution in [3.05, 3.63) is 104 Å². The Morgan fingerprint density at radius 3 is 2.15 bits per heavy atom. The van der Waals surface area contributed by atoms with Crippen LogP contribution in [0.2, 0.25) is 0 Å². The lowest BCUT2D eigenvalue weighted by Gasteiger charge is -2.21. The maximum absolute atomic E-state index is 13.7. The van der Waals surface area contributed by atoms with Gasteiger partial charge in [0, 0.05) is 18.8 Å². The first kappa shape index (κ1) is 22.2. The second-order valence-corrected chi connectivity index (χ2v) is 7.82. The Morgan fingerprint density at radius 1 is 0.939 bits per heavy atom. The lowest BCUT2D eigenvalue weighted by atomic mass is 10.1. The van der Waals surface area contributed by atoms with Crippen LogP contribution in [0.5, 0.6) is 0 Å². The van der Waals surface area contributed by atoms with Gasteiger partial charge in [0.25, 0.3) is 11.5 Å². The molecule has 7 heteroatoms. The number of fused-ring (bicyclic) bond motifs is 1. The first-order valence-electron chi connectivity index (χ1n) is 11.0. The molecular formula is C26H26N4O3. The minimum atomic E-state index is -0.519. The third-order valence-electron chi connectivity index (χ3n) is 5.70. The second kappa shape index (κ2) is 9.24. The fourth-order valence-electron chi connectivity index (χ4n) is 4.03. The number of aromatic nitrogens is 3.